The Labute approximate surface area is 140 Å². The van der Waals surface area contributed by atoms with Crippen LogP contribution in [0.5, 0.6) is 0 Å². The molecule has 2 aliphatic rings. The number of hydrogen-bond acceptors (Lipinski definition) is 4. The molecule has 0 saturated carbocycles. The van der Waals surface area contributed by atoms with E-state index in [0.717, 1.165) is 54.4 Å². The fraction of sp³-hybridized carbons (Fsp3) is 0.500. The lowest BCUT2D eigenvalue weighted by molar-refractivity contribution is 0.0736. The van der Waals surface area contributed by atoms with Gasteiger partial charge in [0.25, 0.3) is 5.91 Å². The van der Waals surface area contributed by atoms with Crippen molar-refractivity contribution in [3.8, 4) is 0 Å². The molecule has 2 aliphatic heterocycles. The summed E-state index contributed by atoms with van der Waals surface area (Å²) in [6.45, 7) is 6.78. The van der Waals surface area contributed by atoms with E-state index >= 15 is 0 Å². The summed E-state index contributed by atoms with van der Waals surface area (Å²) in [5, 5.41) is 2.01. The standard InChI is InChI=1S/C18H22N2O2S/c1-12-7-10-23-17(12)18(21)20-9-6-15-16(20)5-8-19(15)11-14-4-3-13(2)22-14/h3-4,7,10,15-16H,5-6,8-9,11H2,1-2H3/t15-,16+/m1/s1. The molecular weight excluding hydrogens is 308 g/mol. The first-order chi connectivity index (χ1) is 11.1. The number of nitrogens with zero attached hydrogens (tertiary/aromatic N) is 2. The maximum atomic E-state index is 12.8. The first kappa shape index (κ1) is 15.0. The number of amides is 1. The second-order valence-electron chi connectivity index (χ2n) is 6.63. The molecule has 0 aromatic carbocycles. The van der Waals surface area contributed by atoms with Crippen LogP contribution >= 0.6 is 11.3 Å². The Bertz CT molecular complexity index is 720. The Hall–Kier alpha value is -1.59. The van der Waals surface area contributed by atoms with E-state index in [4.69, 9.17) is 4.42 Å². The number of hydrogen-bond donors (Lipinski definition) is 0. The summed E-state index contributed by atoms with van der Waals surface area (Å²) in [6.07, 6.45) is 2.14. The van der Waals surface area contributed by atoms with Crippen molar-refractivity contribution in [1.82, 2.24) is 9.80 Å². The number of furan rings is 1. The van der Waals surface area contributed by atoms with Gasteiger partial charge in [0, 0.05) is 25.2 Å². The number of carbonyl (C=O) groups excluding carboxylic acids is 1. The molecule has 2 aromatic heterocycles. The average Bonchev–Trinajstić information content (AvgIpc) is 3.26. The topological polar surface area (TPSA) is 36.7 Å². The summed E-state index contributed by atoms with van der Waals surface area (Å²) in [7, 11) is 0. The number of aryl methyl sites for hydroxylation is 2. The Morgan fingerprint density at radius 1 is 1.22 bits per heavy atom. The van der Waals surface area contributed by atoms with E-state index in [2.05, 4.69) is 15.9 Å². The zero-order valence-electron chi connectivity index (χ0n) is 13.6. The van der Waals surface area contributed by atoms with Crippen molar-refractivity contribution in [2.75, 3.05) is 13.1 Å². The molecular formula is C18H22N2O2S. The second-order valence-corrected chi connectivity index (χ2v) is 7.54. The van der Waals surface area contributed by atoms with Crippen LogP contribution in [-0.4, -0.2) is 40.9 Å². The highest BCUT2D eigenvalue weighted by Crippen LogP contribution is 2.34. The van der Waals surface area contributed by atoms with Gasteiger partial charge >= 0.3 is 0 Å². The minimum atomic E-state index is 0.223. The first-order valence-corrected chi connectivity index (χ1v) is 9.16. The maximum Gasteiger partial charge on any atom is 0.264 e. The van der Waals surface area contributed by atoms with Crippen LogP contribution < -0.4 is 0 Å². The van der Waals surface area contributed by atoms with Crippen LogP contribution in [-0.2, 0) is 6.54 Å². The third-order valence-electron chi connectivity index (χ3n) is 5.16. The quantitative estimate of drug-likeness (QED) is 0.865. The van der Waals surface area contributed by atoms with E-state index < -0.39 is 0 Å². The molecule has 4 nitrogen and oxygen atoms in total. The zero-order valence-corrected chi connectivity index (χ0v) is 14.4. The first-order valence-electron chi connectivity index (χ1n) is 8.28. The average molecular weight is 330 g/mol. The number of carbonyl (C=O) groups is 1. The summed E-state index contributed by atoms with van der Waals surface area (Å²) >= 11 is 1.57. The predicted octanol–water partition coefficient (Wildman–Crippen LogP) is 3.45. The molecule has 122 valence electrons. The van der Waals surface area contributed by atoms with Crippen LogP contribution in [0.2, 0.25) is 0 Å². The largest absolute Gasteiger partial charge is 0.465 e. The molecule has 5 heteroatoms. The van der Waals surface area contributed by atoms with Crippen molar-refractivity contribution in [2.45, 2.75) is 45.3 Å². The predicted molar refractivity (Wildman–Crippen MR) is 90.8 cm³/mol. The minimum Gasteiger partial charge on any atom is -0.465 e. The fourth-order valence-corrected chi connectivity index (χ4v) is 4.90. The van der Waals surface area contributed by atoms with E-state index in [-0.39, 0.29) is 5.91 Å². The Balaban J connectivity index is 1.47. The third-order valence-corrected chi connectivity index (χ3v) is 6.17. The van der Waals surface area contributed by atoms with E-state index in [0.29, 0.717) is 12.1 Å². The molecule has 2 saturated heterocycles. The highest BCUT2D eigenvalue weighted by molar-refractivity contribution is 7.12. The van der Waals surface area contributed by atoms with Gasteiger partial charge in [-0.3, -0.25) is 9.69 Å². The van der Waals surface area contributed by atoms with Gasteiger partial charge in [0.1, 0.15) is 11.5 Å². The van der Waals surface area contributed by atoms with Gasteiger partial charge in [-0.25, -0.2) is 0 Å². The molecule has 23 heavy (non-hydrogen) atoms. The molecule has 4 rings (SSSR count). The highest BCUT2D eigenvalue weighted by atomic mass is 32.1. The number of rotatable bonds is 3. The fourth-order valence-electron chi connectivity index (χ4n) is 4.02. The summed E-state index contributed by atoms with van der Waals surface area (Å²) in [5.41, 5.74) is 1.10. The summed E-state index contributed by atoms with van der Waals surface area (Å²) in [4.78, 5) is 18.3. The van der Waals surface area contributed by atoms with Crippen molar-refractivity contribution in [1.29, 1.82) is 0 Å². The summed E-state index contributed by atoms with van der Waals surface area (Å²) in [6, 6.07) is 6.96. The summed E-state index contributed by atoms with van der Waals surface area (Å²) in [5.74, 6) is 2.22. The Morgan fingerprint density at radius 2 is 2.04 bits per heavy atom. The van der Waals surface area contributed by atoms with Crippen LogP contribution in [0.3, 0.4) is 0 Å². The van der Waals surface area contributed by atoms with Crippen molar-refractivity contribution < 1.29 is 9.21 Å². The highest BCUT2D eigenvalue weighted by Gasteiger charge is 2.44. The molecule has 1 amide bonds. The van der Waals surface area contributed by atoms with Crippen LogP contribution in [0, 0.1) is 13.8 Å². The molecule has 0 N–H and O–H groups in total. The smallest absolute Gasteiger partial charge is 0.264 e. The van der Waals surface area contributed by atoms with Gasteiger partial charge in [-0.15, -0.1) is 11.3 Å². The lowest BCUT2D eigenvalue weighted by Crippen LogP contribution is -2.39. The van der Waals surface area contributed by atoms with Gasteiger partial charge < -0.3 is 9.32 Å². The monoisotopic (exact) mass is 330 g/mol. The molecule has 0 spiro atoms. The Morgan fingerprint density at radius 3 is 2.74 bits per heavy atom. The van der Waals surface area contributed by atoms with Crippen LogP contribution in [0.15, 0.2) is 28.0 Å². The van der Waals surface area contributed by atoms with Crippen molar-refractivity contribution in [2.24, 2.45) is 0 Å². The normalized spacial score (nSPS) is 24.3. The van der Waals surface area contributed by atoms with Gasteiger partial charge in [-0.05, 0) is 55.8 Å². The Kier molecular flexibility index (Phi) is 3.77. The van der Waals surface area contributed by atoms with Crippen LogP contribution in [0.25, 0.3) is 0 Å². The molecule has 2 fully saturated rings. The van der Waals surface area contributed by atoms with E-state index in [1.54, 1.807) is 11.3 Å². The second kappa shape index (κ2) is 5.80. The van der Waals surface area contributed by atoms with Crippen LogP contribution in [0.4, 0.5) is 0 Å². The van der Waals surface area contributed by atoms with Gasteiger partial charge in [0.15, 0.2) is 0 Å². The van der Waals surface area contributed by atoms with Crippen molar-refractivity contribution in [3.63, 3.8) is 0 Å². The van der Waals surface area contributed by atoms with Gasteiger partial charge in [0.05, 0.1) is 11.4 Å². The van der Waals surface area contributed by atoms with Crippen molar-refractivity contribution in [3.05, 3.63) is 45.5 Å². The molecule has 0 bridgehead atoms. The van der Waals surface area contributed by atoms with Gasteiger partial charge in [-0.2, -0.15) is 0 Å². The molecule has 0 radical (unpaired) electrons. The lowest BCUT2D eigenvalue weighted by Gasteiger charge is -2.25. The SMILES string of the molecule is Cc1ccc(CN2CC[C@H]3[C@H]2CCN3C(=O)c2sccc2C)o1. The molecule has 2 atom stereocenters. The lowest BCUT2D eigenvalue weighted by atomic mass is 10.1. The van der Waals surface area contributed by atoms with E-state index in [1.165, 1.54) is 0 Å². The molecule has 0 aliphatic carbocycles. The zero-order chi connectivity index (χ0) is 16.0. The molecule has 0 unspecified atom stereocenters. The number of likely N-dealkylation sites (tertiary alicyclic amines) is 2. The van der Waals surface area contributed by atoms with Gasteiger partial charge in [-0.1, -0.05) is 0 Å². The molecule has 4 heterocycles. The van der Waals surface area contributed by atoms with E-state index in [1.807, 2.05) is 31.4 Å². The number of thiophene rings is 1. The van der Waals surface area contributed by atoms with Gasteiger partial charge in [0.2, 0.25) is 0 Å². The maximum absolute atomic E-state index is 12.8. The third kappa shape index (κ3) is 2.62. The minimum absolute atomic E-state index is 0.223. The van der Waals surface area contributed by atoms with E-state index in [9.17, 15) is 4.79 Å². The van der Waals surface area contributed by atoms with Crippen molar-refractivity contribution >= 4 is 17.2 Å². The molecule has 2 aromatic rings. The van der Waals surface area contributed by atoms with Crippen LogP contribution in [0.1, 0.15) is 39.6 Å². The summed E-state index contributed by atoms with van der Waals surface area (Å²) < 4.78 is 5.72. The number of fused-ring (bicyclic) bond motifs is 1.